The van der Waals surface area contributed by atoms with Crippen molar-refractivity contribution in [1.82, 2.24) is 0 Å². The fourth-order valence-corrected chi connectivity index (χ4v) is 1.73. The first kappa shape index (κ1) is 16.4. The van der Waals surface area contributed by atoms with Crippen LogP contribution < -0.4 is 4.74 Å². The molecule has 0 aliphatic rings. The highest BCUT2D eigenvalue weighted by Crippen LogP contribution is 2.33. The van der Waals surface area contributed by atoms with Crippen LogP contribution in [0.5, 0.6) is 5.75 Å². The van der Waals surface area contributed by atoms with Crippen LogP contribution in [0.25, 0.3) is 0 Å². The van der Waals surface area contributed by atoms with Gasteiger partial charge in [0.25, 0.3) is 5.69 Å². The van der Waals surface area contributed by atoms with Gasteiger partial charge in [-0.1, -0.05) is 0 Å². The zero-order chi connectivity index (χ0) is 17.2. The van der Waals surface area contributed by atoms with Crippen LogP contribution in [0.15, 0.2) is 42.5 Å². The maximum atomic E-state index is 13.1. The van der Waals surface area contributed by atoms with Gasteiger partial charge in [0.2, 0.25) is 0 Å². The average molecular weight is 329 g/mol. The summed E-state index contributed by atoms with van der Waals surface area (Å²) in [6, 6.07) is 5.53. The number of esters is 1. The number of ether oxygens (including phenoxy) is 1. The van der Waals surface area contributed by atoms with E-state index in [-0.39, 0.29) is 11.4 Å². The van der Waals surface area contributed by atoms with E-state index in [4.69, 9.17) is 4.74 Å². The molecule has 0 radical (unpaired) electrons. The minimum absolute atomic E-state index is 0.210. The number of nitro groups is 1. The highest BCUT2D eigenvalue weighted by atomic mass is 19.4. The van der Waals surface area contributed by atoms with Crippen LogP contribution in [0.4, 0.5) is 23.2 Å². The largest absolute Gasteiger partial charge is 0.423 e. The molecule has 0 bridgehead atoms. The zero-order valence-electron chi connectivity index (χ0n) is 11.1. The Morgan fingerprint density at radius 1 is 1.09 bits per heavy atom. The number of benzene rings is 2. The standard InChI is InChI=1S/C14H7F4NO4/c15-8-1-6-12(14(16,17)18)11(7-8)13(20)23-10-4-2-9(3-5-10)19(21)22/h1-7H. The molecule has 9 heteroatoms. The quantitative estimate of drug-likeness (QED) is 0.281. The Morgan fingerprint density at radius 2 is 1.70 bits per heavy atom. The van der Waals surface area contributed by atoms with Gasteiger partial charge in [-0.15, -0.1) is 0 Å². The second-order valence-electron chi connectivity index (χ2n) is 4.33. The summed E-state index contributed by atoms with van der Waals surface area (Å²) in [5, 5.41) is 10.5. The molecule has 0 saturated heterocycles. The Labute approximate surface area is 126 Å². The highest BCUT2D eigenvalue weighted by Gasteiger charge is 2.36. The van der Waals surface area contributed by atoms with Crippen molar-refractivity contribution >= 4 is 11.7 Å². The lowest BCUT2D eigenvalue weighted by Crippen LogP contribution is -2.17. The van der Waals surface area contributed by atoms with Crippen LogP contribution in [-0.4, -0.2) is 10.9 Å². The summed E-state index contributed by atoms with van der Waals surface area (Å²) in [4.78, 5) is 21.6. The number of non-ortho nitro benzene ring substituents is 1. The fraction of sp³-hybridized carbons (Fsp3) is 0.0714. The van der Waals surface area contributed by atoms with Crippen LogP contribution >= 0.6 is 0 Å². The molecule has 0 aliphatic heterocycles. The molecule has 0 saturated carbocycles. The van der Waals surface area contributed by atoms with E-state index in [9.17, 15) is 32.5 Å². The number of halogens is 4. The van der Waals surface area contributed by atoms with E-state index in [2.05, 4.69) is 0 Å². The maximum absolute atomic E-state index is 13.1. The summed E-state index contributed by atoms with van der Waals surface area (Å²) in [5.41, 5.74) is -2.62. The van der Waals surface area contributed by atoms with Gasteiger partial charge < -0.3 is 4.74 Å². The van der Waals surface area contributed by atoms with Gasteiger partial charge in [0.15, 0.2) is 0 Å². The van der Waals surface area contributed by atoms with Crippen molar-refractivity contribution in [3.63, 3.8) is 0 Å². The van der Waals surface area contributed by atoms with E-state index in [1.54, 1.807) is 0 Å². The SMILES string of the molecule is O=C(Oc1ccc([N+](=O)[O-])cc1)c1cc(F)ccc1C(F)(F)F. The van der Waals surface area contributed by atoms with Gasteiger partial charge in [-0.25, -0.2) is 9.18 Å². The van der Waals surface area contributed by atoms with Crippen LogP contribution in [0.2, 0.25) is 0 Å². The summed E-state index contributed by atoms with van der Waals surface area (Å²) in [6.07, 6.45) is -4.86. The number of hydrogen-bond acceptors (Lipinski definition) is 4. The monoisotopic (exact) mass is 329 g/mol. The van der Waals surface area contributed by atoms with Crippen molar-refractivity contribution in [2.45, 2.75) is 6.18 Å². The fourth-order valence-electron chi connectivity index (χ4n) is 1.73. The molecule has 0 fully saturated rings. The van der Waals surface area contributed by atoms with Gasteiger partial charge >= 0.3 is 12.1 Å². The number of alkyl halides is 3. The second-order valence-corrected chi connectivity index (χ2v) is 4.33. The van der Waals surface area contributed by atoms with E-state index < -0.39 is 34.0 Å². The molecule has 2 aromatic rings. The van der Waals surface area contributed by atoms with Crippen LogP contribution in [0.3, 0.4) is 0 Å². The van der Waals surface area contributed by atoms with Gasteiger partial charge in [-0.2, -0.15) is 13.2 Å². The Bertz CT molecular complexity index is 756. The molecule has 2 rings (SSSR count). The minimum atomic E-state index is -4.86. The Kier molecular flexibility index (Phi) is 4.30. The van der Waals surface area contributed by atoms with Crippen LogP contribution in [0.1, 0.15) is 15.9 Å². The van der Waals surface area contributed by atoms with E-state index in [1.165, 1.54) is 0 Å². The van der Waals surface area contributed by atoms with Crippen LogP contribution in [0, 0.1) is 15.9 Å². The smallest absolute Gasteiger partial charge is 0.417 e. The van der Waals surface area contributed by atoms with Gasteiger partial charge in [0.1, 0.15) is 11.6 Å². The lowest BCUT2D eigenvalue weighted by Gasteiger charge is -2.12. The van der Waals surface area contributed by atoms with Crippen molar-refractivity contribution in [2.75, 3.05) is 0 Å². The Hall–Kier alpha value is -2.97. The normalized spacial score (nSPS) is 11.1. The Morgan fingerprint density at radius 3 is 2.22 bits per heavy atom. The van der Waals surface area contributed by atoms with E-state index in [0.29, 0.717) is 18.2 Å². The molecule has 0 N–H and O–H groups in total. The Balaban J connectivity index is 2.30. The molecule has 0 aromatic heterocycles. The third-order valence-corrected chi connectivity index (χ3v) is 2.77. The number of carbonyl (C=O) groups excluding carboxylic acids is 1. The van der Waals surface area contributed by atoms with Crippen molar-refractivity contribution in [3.05, 3.63) is 69.5 Å². The third-order valence-electron chi connectivity index (χ3n) is 2.77. The van der Waals surface area contributed by atoms with Gasteiger partial charge in [-0.05, 0) is 30.3 Å². The van der Waals surface area contributed by atoms with Crippen molar-refractivity contribution < 1.29 is 32.0 Å². The van der Waals surface area contributed by atoms with Crippen molar-refractivity contribution in [1.29, 1.82) is 0 Å². The van der Waals surface area contributed by atoms with Gasteiger partial charge in [-0.3, -0.25) is 10.1 Å². The predicted molar refractivity (Wildman–Crippen MR) is 69.5 cm³/mol. The number of rotatable bonds is 3. The van der Waals surface area contributed by atoms with Crippen molar-refractivity contribution in [3.8, 4) is 5.75 Å². The summed E-state index contributed by atoms with van der Waals surface area (Å²) < 4.78 is 56.3. The summed E-state index contributed by atoms with van der Waals surface area (Å²) in [5.74, 6) is -2.67. The molecule has 0 unspecified atom stereocenters. The van der Waals surface area contributed by atoms with E-state index in [0.717, 1.165) is 24.3 Å². The first-order chi connectivity index (χ1) is 10.7. The molecular formula is C14H7F4NO4. The first-order valence-corrected chi connectivity index (χ1v) is 6.02. The lowest BCUT2D eigenvalue weighted by molar-refractivity contribution is -0.384. The molecule has 2 aromatic carbocycles. The third kappa shape index (κ3) is 3.82. The molecule has 0 atom stereocenters. The minimum Gasteiger partial charge on any atom is -0.423 e. The van der Waals surface area contributed by atoms with Gasteiger partial charge in [0.05, 0.1) is 16.1 Å². The second kappa shape index (κ2) is 6.03. The first-order valence-electron chi connectivity index (χ1n) is 6.02. The summed E-state index contributed by atoms with van der Waals surface area (Å²) in [7, 11) is 0. The molecular weight excluding hydrogens is 322 g/mol. The van der Waals surface area contributed by atoms with E-state index >= 15 is 0 Å². The molecule has 0 aliphatic carbocycles. The van der Waals surface area contributed by atoms with Gasteiger partial charge in [0, 0.05) is 12.1 Å². The zero-order valence-corrected chi connectivity index (χ0v) is 11.1. The van der Waals surface area contributed by atoms with Crippen LogP contribution in [-0.2, 0) is 6.18 Å². The molecule has 0 heterocycles. The molecule has 0 spiro atoms. The molecule has 5 nitrogen and oxygen atoms in total. The average Bonchev–Trinajstić information content (AvgIpc) is 2.46. The highest BCUT2D eigenvalue weighted by molar-refractivity contribution is 5.93. The molecule has 0 amide bonds. The number of carbonyl (C=O) groups is 1. The lowest BCUT2D eigenvalue weighted by atomic mass is 10.1. The topological polar surface area (TPSA) is 69.4 Å². The summed E-state index contributed by atoms with van der Waals surface area (Å²) in [6.45, 7) is 0. The predicted octanol–water partition coefficient (Wildman–Crippen LogP) is 3.97. The molecule has 120 valence electrons. The number of nitro benzene ring substituents is 1. The summed E-state index contributed by atoms with van der Waals surface area (Å²) >= 11 is 0. The maximum Gasteiger partial charge on any atom is 0.417 e. The van der Waals surface area contributed by atoms with Crippen molar-refractivity contribution in [2.24, 2.45) is 0 Å². The molecule has 23 heavy (non-hydrogen) atoms. The number of nitrogens with zero attached hydrogens (tertiary/aromatic N) is 1. The van der Waals surface area contributed by atoms with E-state index in [1.807, 2.05) is 0 Å². The number of hydrogen-bond donors (Lipinski definition) is 0.